The highest BCUT2D eigenvalue weighted by Crippen LogP contribution is 2.43. The van der Waals surface area contributed by atoms with Gasteiger partial charge >= 0.3 is 25.7 Å². The number of rotatable bonds is 51. The lowest BCUT2D eigenvalue weighted by Gasteiger charge is -2.21. The van der Waals surface area contributed by atoms with Crippen molar-refractivity contribution in [2.45, 2.75) is 238 Å². The van der Waals surface area contributed by atoms with E-state index in [2.05, 4.69) is 112 Å². The van der Waals surface area contributed by atoms with E-state index in [1.807, 2.05) is 6.08 Å². The van der Waals surface area contributed by atoms with Crippen LogP contribution < -0.4 is 0 Å². The number of phosphoric acid groups is 1. The molecule has 0 saturated carbocycles. The molecule has 0 heterocycles. The zero-order valence-electron chi connectivity index (χ0n) is 45.4. The number of carbonyl (C=O) groups is 3. The van der Waals surface area contributed by atoms with Crippen molar-refractivity contribution >= 4 is 25.7 Å². The van der Waals surface area contributed by atoms with E-state index in [1.165, 1.54) is 70.6 Å². The number of hydrogen-bond acceptors (Lipinski definition) is 10. The Morgan fingerprint density at radius 2 is 0.736 bits per heavy atom. The Hall–Kier alpha value is -3.60. The summed E-state index contributed by atoms with van der Waals surface area (Å²) in [7, 11) is -4.77. The molecule has 0 fully saturated rings. The Morgan fingerprint density at radius 1 is 0.403 bits per heavy atom. The van der Waals surface area contributed by atoms with Crippen molar-refractivity contribution < 1.29 is 52.2 Å². The van der Waals surface area contributed by atoms with Gasteiger partial charge < -0.3 is 24.2 Å². The predicted octanol–water partition coefficient (Wildman–Crippen LogP) is 16.5. The van der Waals surface area contributed by atoms with Crippen molar-refractivity contribution in [3.63, 3.8) is 0 Å². The normalized spacial score (nSPS) is 14.1. The van der Waals surface area contributed by atoms with Crippen LogP contribution in [0.4, 0.5) is 0 Å². The monoisotopic (exact) mass is 1030 g/mol. The first kappa shape index (κ1) is 68.4. The summed E-state index contributed by atoms with van der Waals surface area (Å²) in [5.74, 6) is -1.57. The average molecular weight is 1030 g/mol. The smallest absolute Gasteiger partial charge is 0.462 e. The fraction of sp³-hybridized carbons (Fsp3) is 0.683. The first-order valence-corrected chi connectivity index (χ1v) is 29.6. The zero-order valence-corrected chi connectivity index (χ0v) is 46.3. The molecule has 0 aliphatic rings. The standard InChI is InChI=1S/C60H101O11P/c1-4-7-10-13-16-19-22-25-27-28-30-32-34-37-40-43-46-49-58(62)67-53-57(71-60(64)51-48-45-42-39-36-33-29-26-23-20-17-14-11-8-5-2)55-69-72(65,66)68-54-56(52-61)70-59(63)50-47-44-41-38-35-31-24-21-18-15-12-9-6-3/h7,9-10,12,16,18-19,21,25,27,30-32,35,37,40,56-57,61H,4-6,8,11,13-15,17,20,22-24,26,28-29,33-34,36,38-39,41-55H2,1-3H3,(H,65,66)/b10-7-,12-9-,19-16-,21-18-,27-25-,32-30-,35-31-,40-37-. The van der Waals surface area contributed by atoms with Crippen LogP contribution in [0, 0.1) is 0 Å². The van der Waals surface area contributed by atoms with Crippen LogP contribution in [0.2, 0.25) is 0 Å². The Kier molecular flexibility index (Phi) is 51.0. The molecule has 0 radical (unpaired) electrons. The third kappa shape index (κ3) is 51.3. The van der Waals surface area contributed by atoms with Gasteiger partial charge in [0.25, 0.3) is 0 Å². The number of unbranched alkanes of at least 4 members (excludes halogenated alkanes) is 18. The second-order valence-corrected chi connectivity index (χ2v) is 19.8. The summed E-state index contributed by atoms with van der Waals surface area (Å²) in [6.45, 7) is 4.32. The van der Waals surface area contributed by atoms with Crippen LogP contribution in [0.25, 0.3) is 0 Å². The van der Waals surface area contributed by atoms with Gasteiger partial charge in [0, 0.05) is 19.3 Å². The number of hydrogen-bond donors (Lipinski definition) is 2. The predicted molar refractivity (Wildman–Crippen MR) is 297 cm³/mol. The highest BCUT2D eigenvalue weighted by atomic mass is 31.2. The zero-order chi connectivity index (χ0) is 52.7. The molecule has 0 aromatic carbocycles. The van der Waals surface area contributed by atoms with Crippen LogP contribution >= 0.6 is 7.82 Å². The molecule has 412 valence electrons. The fourth-order valence-electron chi connectivity index (χ4n) is 7.29. The molecule has 0 saturated heterocycles. The molecule has 72 heavy (non-hydrogen) atoms. The summed E-state index contributed by atoms with van der Waals surface area (Å²) < 4.78 is 39.4. The van der Waals surface area contributed by atoms with E-state index < -0.39 is 57.8 Å². The van der Waals surface area contributed by atoms with Crippen LogP contribution in [0.15, 0.2) is 97.2 Å². The number of esters is 3. The summed E-state index contributed by atoms with van der Waals surface area (Å²) >= 11 is 0. The van der Waals surface area contributed by atoms with Gasteiger partial charge in [-0.25, -0.2) is 4.57 Å². The second-order valence-electron chi connectivity index (χ2n) is 18.3. The molecule has 0 aliphatic heterocycles. The van der Waals surface area contributed by atoms with E-state index >= 15 is 0 Å². The van der Waals surface area contributed by atoms with E-state index in [1.54, 1.807) is 0 Å². The third-order valence-corrected chi connectivity index (χ3v) is 12.5. The summed E-state index contributed by atoms with van der Waals surface area (Å²) in [4.78, 5) is 48.5. The summed E-state index contributed by atoms with van der Waals surface area (Å²) in [6, 6.07) is 0. The SMILES string of the molecule is CC/C=C\C/C=C\C/C=C\C/C=C\C/C=C\CCCC(=O)OCC(COP(=O)(O)OCC(CO)OC(=O)CCCCC/C=C\C/C=C\C/C=C\CC)OC(=O)CCCCCCCCCCCCCCCCC. The lowest BCUT2D eigenvalue weighted by molar-refractivity contribution is -0.161. The molecule has 0 amide bonds. The molecular weight excluding hydrogens is 928 g/mol. The topological polar surface area (TPSA) is 155 Å². The Balaban J connectivity index is 4.84. The lowest BCUT2D eigenvalue weighted by Crippen LogP contribution is -2.30. The first-order chi connectivity index (χ1) is 35.2. The summed E-state index contributed by atoms with van der Waals surface area (Å²) in [6.07, 6.45) is 62.4. The summed E-state index contributed by atoms with van der Waals surface area (Å²) in [5, 5.41) is 9.79. The van der Waals surface area contributed by atoms with Crippen LogP contribution in [-0.2, 0) is 42.2 Å². The van der Waals surface area contributed by atoms with E-state index in [9.17, 15) is 28.9 Å². The molecule has 3 atom stereocenters. The van der Waals surface area contributed by atoms with Gasteiger partial charge in [0.05, 0.1) is 19.8 Å². The molecule has 0 aliphatic carbocycles. The summed E-state index contributed by atoms with van der Waals surface area (Å²) in [5.41, 5.74) is 0. The minimum Gasteiger partial charge on any atom is -0.462 e. The molecule has 3 unspecified atom stereocenters. The average Bonchev–Trinajstić information content (AvgIpc) is 3.37. The van der Waals surface area contributed by atoms with Gasteiger partial charge in [-0.2, -0.15) is 0 Å². The first-order valence-electron chi connectivity index (χ1n) is 28.1. The van der Waals surface area contributed by atoms with Gasteiger partial charge in [-0.15, -0.1) is 0 Å². The van der Waals surface area contributed by atoms with Crippen molar-refractivity contribution in [1.29, 1.82) is 0 Å². The largest absolute Gasteiger partial charge is 0.472 e. The van der Waals surface area contributed by atoms with E-state index in [4.69, 9.17) is 23.3 Å². The Morgan fingerprint density at radius 3 is 1.15 bits per heavy atom. The van der Waals surface area contributed by atoms with Crippen LogP contribution in [0.3, 0.4) is 0 Å². The molecule has 0 bridgehead atoms. The molecule has 0 aromatic rings. The number of aliphatic hydroxyl groups excluding tert-OH is 1. The second kappa shape index (κ2) is 53.7. The molecule has 11 nitrogen and oxygen atoms in total. The van der Waals surface area contributed by atoms with Gasteiger partial charge in [0.1, 0.15) is 12.7 Å². The van der Waals surface area contributed by atoms with Gasteiger partial charge in [0.15, 0.2) is 6.10 Å². The molecular formula is C60H101O11P. The Labute approximate surface area is 438 Å². The number of allylic oxidation sites excluding steroid dienone is 16. The highest BCUT2D eigenvalue weighted by molar-refractivity contribution is 7.47. The van der Waals surface area contributed by atoms with Gasteiger partial charge in [-0.3, -0.25) is 23.4 Å². The van der Waals surface area contributed by atoms with E-state index in [0.717, 1.165) is 89.9 Å². The van der Waals surface area contributed by atoms with Crippen LogP contribution in [-0.4, -0.2) is 66.5 Å². The molecule has 2 N–H and O–H groups in total. The van der Waals surface area contributed by atoms with Crippen LogP contribution in [0.1, 0.15) is 226 Å². The van der Waals surface area contributed by atoms with Gasteiger partial charge in [-0.1, -0.05) is 214 Å². The third-order valence-electron chi connectivity index (χ3n) is 11.5. The van der Waals surface area contributed by atoms with Crippen molar-refractivity contribution in [2.24, 2.45) is 0 Å². The number of phosphoric ester groups is 1. The van der Waals surface area contributed by atoms with Crippen molar-refractivity contribution in [2.75, 3.05) is 26.4 Å². The van der Waals surface area contributed by atoms with Gasteiger partial charge in [-0.05, 0) is 89.9 Å². The minimum absolute atomic E-state index is 0.135. The molecule has 0 aromatic heterocycles. The van der Waals surface area contributed by atoms with Crippen molar-refractivity contribution in [3.8, 4) is 0 Å². The fourth-order valence-corrected chi connectivity index (χ4v) is 8.07. The van der Waals surface area contributed by atoms with E-state index in [0.29, 0.717) is 25.7 Å². The Bertz CT molecular complexity index is 1580. The van der Waals surface area contributed by atoms with Crippen molar-refractivity contribution in [1.82, 2.24) is 0 Å². The van der Waals surface area contributed by atoms with Crippen LogP contribution in [0.5, 0.6) is 0 Å². The van der Waals surface area contributed by atoms with Gasteiger partial charge in [0.2, 0.25) is 0 Å². The number of aliphatic hydroxyl groups is 1. The van der Waals surface area contributed by atoms with Crippen molar-refractivity contribution in [3.05, 3.63) is 97.2 Å². The molecule has 0 rings (SSSR count). The molecule has 0 spiro atoms. The maximum atomic E-state index is 12.9. The maximum absolute atomic E-state index is 12.9. The lowest BCUT2D eigenvalue weighted by atomic mass is 10.0. The maximum Gasteiger partial charge on any atom is 0.472 e. The quantitative estimate of drug-likeness (QED) is 0.0197. The number of carbonyl (C=O) groups excluding carboxylic acids is 3. The van der Waals surface area contributed by atoms with E-state index in [-0.39, 0.29) is 25.9 Å². The minimum atomic E-state index is -4.77. The highest BCUT2D eigenvalue weighted by Gasteiger charge is 2.28. The molecule has 12 heteroatoms. The number of ether oxygens (including phenoxy) is 3.